The lowest BCUT2D eigenvalue weighted by Gasteiger charge is -2.40. The summed E-state index contributed by atoms with van der Waals surface area (Å²) in [5.41, 5.74) is 2.99. The monoisotopic (exact) mass is 549 g/mol. The summed E-state index contributed by atoms with van der Waals surface area (Å²) in [7, 11) is 4.57. The first-order chi connectivity index (χ1) is 19.3. The second-order valence-corrected chi connectivity index (χ2v) is 9.44. The lowest BCUT2D eigenvalue weighted by Crippen LogP contribution is -2.43. The third kappa shape index (κ3) is 5.03. The minimum atomic E-state index is -1.15. The molecule has 1 aliphatic heterocycles. The van der Waals surface area contributed by atoms with Gasteiger partial charge in [0.2, 0.25) is 0 Å². The van der Waals surface area contributed by atoms with Gasteiger partial charge >= 0.3 is 11.9 Å². The number of para-hydroxylation sites is 2. The van der Waals surface area contributed by atoms with Gasteiger partial charge in [-0.25, -0.2) is 4.79 Å². The maximum absolute atomic E-state index is 14.5. The predicted octanol–water partition coefficient (Wildman–Crippen LogP) is 4.43. The summed E-state index contributed by atoms with van der Waals surface area (Å²) in [6.07, 6.45) is 0.307. The maximum atomic E-state index is 14.5. The van der Waals surface area contributed by atoms with E-state index < -0.39 is 35.5 Å². The highest BCUT2D eigenvalue weighted by Gasteiger charge is 2.50. The highest BCUT2D eigenvalue weighted by molar-refractivity contribution is 6.13. The molecule has 40 heavy (non-hydrogen) atoms. The Morgan fingerprint density at radius 3 is 2.17 bits per heavy atom. The van der Waals surface area contributed by atoms with E-state index in [1.807, 2.05) is 18.2 Å². The molecule has 4 rings (SSSR count). The van der Waals surface area contributed by atoms with E-state index in [4.69, 9.17) is 23.7 Å². The van der Waals surface area contributed by atoms with Gasteiger partial charge < -0.3 is 29.0 Å². The molecule has 0 radical (unpaired) electrons. The van der Waals surface area contributed by atoms with Crippen LogP contribution in [-0.2, 0) is 23.9 Å². The van der Waals surface area contributed by atoms with Crippen LogP contribution in [0.3, 0.4) is 0 Å². The maximum Gasteiger partial charge on any atom is 0.336 e. The Morgan fingerprint density at radius 2 is 1.52 bits per heavy atom. The van der Waals surface area contributed by atoms with Crippen LogP contribution in [0.2, 0.25) is 0 Å². The van der Waals surface area contributed by atoms with Crippen molar-refractivity contribution in [2.24, 2.45) is 5.92 Å². The van der Waals surface area contributed by atoms with Gasteiger partial charge in [-0.05, 0) is 44.9 Å². The van der Waals surface area contributed by atoms with Crippen molar-refractivity contribution in [1.29, 1.82) is 0 Å². The molecule has 0 aromatic heterocycles. The summed E-state index contributed by atoms with van der Waals surface area (Å²) < 4.78 is 27.7. The summed E-state index contributed by atoms with van der Waals surface area (Å²) in [5, 5.41) is 3.31. The molecular weight excluding hydrogens is 514 g/mol. The number of methoxy groups -OCH3 is 3. The first-order valence-corrected chi connectivity index (χ1v) is 13.2. The highest BCUT2D eigenvalue weighted by Crippen LogP contribution is 2.51. The van der Waals surface area contributed by atoms with E-state index in [9.17, 15) is 14.4 Å². The second kappa shape index (κ2) is 12.3. The normalized spacial score (nSPS) is 20.4. The Morgan fingerprint density at radius 1 is 0.875 bits per heavy atom. The molecule has 9 nitrogen and oxygen atoms in total. The van der Waals surface area contributed by atoms with Gasteiger partial charge in [-0.15, -0.1) is 0 Å². The zero-order valence-electron chi connectivity index (χ0n) is 23.7. The van der Waals surface area contributed by atoms with E-state index >= 15 is 0 Å². The second-order valence-electron chi connectivity index (χ2n) is 9.44. The third-order valence-corrected chi connectivity index (χ3v) is 7.34. The lowest BCUT2D eigenvalue weighted by atomic mass is 9.67. The van der Waals surface area contributed by atoms with Crippen molar-refractivity contribution in [1.82, 2.24) is 5.32 Å². The topological polar surface area (TPSA) is 109 Å². The van der Waals surface area contributed by atoms with Crippen LogP contribution in [-0.4, -0.2) is 52.3 Å². The smallest absolute Gasteiger partial charge is 0.336 e. The average Bonchev–Trinajstić information content (AvgIpc) is 2.95. The van der Waals surface area contributed by atoms with Gasteiger partial charge in [0.15, 0.2) is 17.3 Å². The number of allylic oxidation sites excluding steroid dienone is 3. The minimum absolute atomic E-state index is 0.117. The van der Waals surface area contributed by atoms with Crippen LogP contribution >= 0.6 is 0 Å². The van der Waals surface area contributed by atoms with E-state index in [0.717, 1.165) is 5.56 Å². The number of dihydropyridines is 1. The first-order valence-electron chi connectivity index (χ1n) is 13.2. The number of hydrogen-bond donors (Lipinski definition) is 1. The van der Waals surface area contributed by atoms with Gasteiger partial charge in [0.05, 0.1) is 46.0 Å². The van der Waals surface area contributed by atoms with Crippen LogP contribution in [0.25, 0.3) is 0 Å². The van der Waals surface area contributed by atoms with E-state index in [-0.39, 0.29) is 18.8 Å². The van der Waals surface area contributed by atoms with Crippen LogP contribution in [0.5, 0.6) is 17.2 Å². The summed E-state index contributed by atoms with van der Waals surface area (Å²) in [4.78, 5) is 41.4. The molecule has 1 N–H and O–H groups in total. The number of carbonyl (C=O) groups excluding carboxylic acids is 3. The van der Waals surface area contributed by atoms with Crippen LogP contribution in [0.4, 0.5) is 0 Å². The number of rotatable bonds is 9. The Balaban J connectivity index is 1.98. The molecule has 2 aliphatic rings. The Hall–Kier alpha value is -4.27. The van der Waals surface area contributed by atoms with Crippen molar-refractivity contribution < 1.29 is 38.1 Å². The molecule has 2 aromatic carbocycles. The molecule has 9 heteroatoms. The number of nitrogens with one attached hydrogen (secondary N) is 1. The molecule has 212 valence electrons. The molecule has 2 aromatic rings. The number of ketones is 1. The van der Waals surface area contributed by atoms with Crippen molar-refractivity contribution in [2.75, 3.05) is 34.5 Å². The fourth-order valence-electron chi connectivity index (χ4n) is 5.73. The third-order valence-electron chi connectivity index (χ3n) is 7.34. The van der Waals surface area contributed by atoms with E-state index in [0.29, 0.717) is 46.2 Å². The minimum Gasteiger partial charge on any atom is -0.496 e. The van der Waals surface area contributed by atoms with Gasteiger partial charge in [-0.1, -0.05) is 30.3 Å². The first kappa shape index (κ1) is 28.7. The van der Waals surface area contributed by atoms with Gasteiger partial charge in [0, 0.05) is 28.4 Å². The molecule has 0 fully saturated rings. The summed E-state index contributed by atoms with van der Waals surface area (Å²) >= 11 is 0. The molecule has 0 bridgehead atoms. The molecule has 0 amide bonds. The number of Topliss-reactive ketones (excluding diaryl/α,β-unsaturated/α-hetero) is 1. The number of ether oxygens (including phenoxy) is 5. The molecule has 0 saturated carbocycles. The van der Waals surface area contributed by atoms with Crippen LogP contribution in [0.15, 0.2) is 65.0 Å². The fraction of sp³-hybridized carbons (Fsp3) is 0.387. The average molecular weight is 550 g/mol. The lowest BCUT2D eigenvalue weighted by molar-refractivity contribution is -0.152. The quantitative estimate of drug-likeness (QED) is 0.359. The zero-order valence-corrected chi connectivity index (χ0v) is 23.7. The van der Waals surface area contributed by atoms with Gasteiger partial charge in [-0.2, -0.15) is 0 Å². The molecule has 0 unspecified atom stereocenters. The van der Waals surface area contributed by atoms with E-state index in [2.05, 4.69) is 5.32 Å². The molecule has 3 atom stereocenters. The van der Waals surface area contributed by atoms with Crippen LogP contribution < -0.4 is 19.5 Å². The number of carbonyl (C=O) groups is 3. The van der Waals surface area contributed by atoms with Crippen molar-refractivity contribution in [3.05, 3.63) is 76.1 Å². The van der Waals surface area contributed by atoms with E-state index in [1.165, 1.54) is 14.2 Å². The van der Waals surface area contributed by atoms with Crippen molar-refractivity contribution >= 4 is 17.7 Å². The number of esters is 2. The van der Waals surface area contributed by atoms with Crippen molar-refractivity contribution in [3.8, 4) is 17.2 Å². The summed E-state index contributed by atoms with van der Waals surface area (Å²) in [5.74, 6) is -2.83. The predicted molar refractivity (Wildman–Crippen MR) is 147 cm³/mol. The highest BCUT2D eigenvalue weighted by atomic mass is 16.5. The summed E-state index contributed by atoms with van der Waals surface area (Å²) in [6.45, 7) is 5.46. The number of benzene rings is 2. The molecule has 1 heterocycles. The molecular formula is C31H35NO8. The van der Waals surface area contributed by atoms with Gasteiger partial charge in [0.1, 0.15) is 11.7 Å². The zero-order chi connectivity index (χ0) is 29.0. The molecule has 1 aliphatic carbocycles. The van der Waals surface area contributed by atoms with Crippen molar-refractivity contribution in [2.45, 2.75) is 39.0 Å². The largest absolute Gasteiger partial charge is 0.496 e. The van der Waals surface area contributed by atoms with Gasteiger partial charge in [0.25, 0.3) is 0 Å². The van der Waals surface area contributed by atoms with Crippen molar-refractivity contribution in [3.63, 3.8) is 0 Å². The van der Waals surface area contributed by atoms with Crippen LogP contribution in [0.1, 0.15) is 50.2 Å². The fourth-order valence-corrected chi connectivity index (χ4v) is 5.73. The SMILES string of the molecule is CCOC(=O)C1=C(C)NC2=C(C(=O)[C@H](C(=O)OCC)[C@@H](c3ccccc3OC)C2)[C@@H]1c1cccc(OC)c1OC. The Labute approximate surface area is 234 Å². The Bertz CT molecular complexity index is 1380. The van der Waals surface area contributed by atoms with Gasteiger partial charge in [-0.3, -0.25) is 9.59 Å². The molecule has 0 saturated heterocycles. The molecule has 0 spiro atoms. The standard InChI is InChI=1S/C31H35NO8/c1-7-39-30(34)24-17(3)32-21-16-20(18-12-9-10-14-22(18)36-4)26(31(35)40-8-2)28(33)27(21)25(24)19-13-11-15-23(37-5)29(19)38-6/h9-15,20,25-26,32H,7-8,16H2,1-6H3/t20-,25-,26-/m1/s1. The van der Waals surface area contributed by atoms with Crippen LogP contribution in [0, 0.1) is 5.92 Å². The number of hydrogen-bond acceptors (Lipinski definition) is 9. The Kier molecular flexibility index (Phi) is 8.82. The summed E-state index contributed by atoms with van der Waals surface area (Å²) in [6, 6.07) is 12.6. The van der Waals surface area contributed by atoms with E-state index in [1.54, 1.807) is 52.1 Å².